The van der Waals surface area contributed by atoms with Crippen molar-refractivity contribution in [1.29, 1.82) is 0 Å². The van der Waals surface area contributed by atoms with Gasteiger partial charge in [0.05, 0.1) is 12.7 Å². The van der Waals surface area contributed by atoms with Crippen LogP contribution in [-0.2, 0) is 13.1 Å². The summed E-state index contributed by atoms with van der Waals surface area (Å²) < 4.78 is 28.4. The van der Waals surface area contributed by atoms with E-state index in [2.05, 4.69) is 10.6 Å². The number of aliphatic hydroxyl groups is 1. The van der Waals surface area contributed by atoms with Crippen LogP contribution in [0.15, 0.2) is 29.2 Å². The average Bonchev–Trinajstić information content (AvgIpc) is 3.14. The van der Waals surface area contributed by atoms with E-state index in [1.54, 1.807) is 0 Å². The molecule has 1 unspecified atom stereocenters. The molecule has 4 atom stereocenters. The molecule has 1 aliphatic carbocycles. The second-order valence-corrected chi connectivity index (χ2v) is 8.64. The number of aromatic hydroxyl groups is 1. The van der Waals surface area contributed by atoms with Gasteiger partial charge in [0.2, 0.25) is 5.43 Å². The molecule has 1 saturated carbocycles. The Balaban J connectivity index is 1.41. The Morgan fingerprint density at radius 2 is 2.03 bits per heavy atom. The maximum atomic E-state index is 13.8. The number of carbonyl (C=O) groups excluding carboxylic acids is 1. The minimum Gasteiger partial charge on any atom is -0.503 e. The number of halogens is 2. The maximum Gasteiger partial charge on any atom is 0.257 e. The molecule has 0 radical (unpaired) electrons. The smallest absolute Gasteiger partial charge is 0.257 e. The predicted octanol–water partition coefficient (Wildman–Crippen LogP) is 1.31. The van der Waals surface area contributed by atoms with Gasteiger partial charge >= 0.3 is 0 Å². The first-order valence-corrected chi connectivity index (χ1v) is 10.7. The molecule has 8 nitrogen and oxygen atoms in total. The van der Waals surface area contributed by atoms with E-state index < -0.39 is 34.9 Å². The van der Waals surface area contributed by atoms with Crippen LogP contribution in [0, 0.1) is 11.6 Å². The fraction of sp³-hybridized carbons (Fsp3) is 0.455. The molecule has 4 N–H and O–H groups in total. The molecule has 2 aliphatic heterocycles. The third-order valence-corrected chi connectivity index (χ3v) is 6.77. The van der Waals surface area contributed by atoms with E-state index in [1.807, 2.05) is 4.90 Å². The summed E-state index contributed by atoms with van der Waals surface area (Å²) in [7, 11) is 0. The van der Waals surface area contributed by atoms with E-state index in [-0.39, 0.29) is 41.6 Å². The summed E-state index contributed by atoms with van der Waals surface area (Å²) in [5.74, 6) is -3.01. The highest BCUT2D eigenvalue weighted by molar-refractivity contribution is 5.94. The van der Waals surface area contributed by atoms with Gasteiger partial charge < -0.3 is 20.1 Å². The van der Waals surface area contributed by atoms with E-state index >= 15 is 0 Å². The minimum absolute atomic E-state index is 0.0610. The van der Waals surface area contributed by atoms with Gasteiger partial charge in [-0.1, -0.05) is 18.9 Å². The molecule has 10 heteroatoms. The molecule has 2 fully saturated rings. The number of nitrogens with one attached hydrogen (secondary N) is 2. The van der Waals surface area contributed by atoms with E-state index in [0.29, 0.717) is 12.6 Å². The quantitative estimate of drug-likeness (QED) is 0.567. The molecule has 1 aromatic heterocycles. The molecule has 0 bridgehead atoms. The maximum absolute atomic E-state index is 13.8. The van der Waals surface area contributed by atoms with Gasteiger partial charge in [-0.25, -0.2) is 8.78 Å². The van der Waals surface area contributed by atoms with Crippen molar-refractivity contribution in [2.45, 2.75) is 63.3 Å². The zero-order chi connectivity index (χ0) is 22.6. The van der Waals surface area contributed by atoms with Gasteiger partial charge in [-0.05, 0) is 18.9 Å². The molecule has 170 valence electrons. The van der Waals surface area contributed by atoms with Gasteiger partial charge in [0.25, 0.3) is 5.91 Å². The minimum atomic E-state index is -1.17. The molecular weight excluding hydrogens is 422 g/mol. The Morgan fingerprint density at radius 1 is 1.25 bits per heavy atom. The molecule has 32 heavy (non-hydrogen) atoms. The number of hydrogen-bond acceptors (Lipinski definition) is 6. The van der Waals surface area contributed by atoms with Gasteiger partial charge in [-0.2, -0.15) is 0 Å². The van der Waals surface area contributed by atoms with Gasteiger partial charge in [-0.15, -0.1) is 0 Å². The first kappa shape index (κ1) is 21.0. The summed E-state index contributed by atoms with van der Waals surface area (Å²) >= 11 is 0. The van der Waals surface area contributed by atoms with E-state index in [9.17, 15) is 28.6 Å². The van der Waals surface area contributed by atoms with Crippen LogP contribution in [-0.4, -0.2) is 43.8 Å². The van der Waals surface area contributed by atoms with Crippen molar-refractivity contribution in [1.82, 2.24) is 20.1 Å². The van der Waals surface area contributed by atoms with Crippen LogP contribution in [0.2, 0.25) is 0 Å². The van der Waals surface area contributed by atoms with Crippen molar-refractivity contribution in [3.63, 3.8) is 0 Å². The molecule has 1 saturated heterocycles. The number of nitrogens with zero attached hydrogens (tertiary/aromatic N) is 2. The molecule has 2 aromatic rings. The predicted molar refractivity (Wildman–Crippen MR) is 110 cm³/mol. The van der Waals surface area contributed by atoms with Crippen LogP contribution < -0.4 is 16.1 Å². The zero-order valence-corrected chi connectivity index (χ0v) is 17.2. The van der Waals surface area contributed by atoms with Crippen LogP contribution in [0.3, 0.4) is 0 Å². The Hall–Kier alpha value is -2.82. The number of hydrogen-bond donors (Lipinski definition) is 4. The van der Waals surface area contributed by atoms with E-state index in [4.69, 9.17) is 0 Å². The summed E-state index contributed by atoms with van der Waals surface area (Å²) in [6.07, 6.45) is 4.06. The summed E-state index contributed by atoms with van der Waals surface area (Å²) in [4.78, 5) is 27.3. The monoisotopic (exact) mass is 446 g/mol. The van der Waals surface area contributed by atoms with Gasteiger partial charge in [0, 0.05) is 36.5 Å². The number of aliphatic hydroxyl groups excluding tert-OH is 1. The Labute approximate surface area is 182 Å². The van der Waals surface area contributed by atoms with Crippen molar-refractivity contribution >= 4 is 5.91 Å². The van der Waals surface area contributed by atoms with Crippen LogP contribution in [0.1, 0.15) is 53.5 Å². The highest BCUT2D eigenvalue weighted by atomic mass is 19.1. The SMILES string of the molecule is O=C(NCc1ccc(F)cc1F)c1cn2c(c(O)c1=O)C(O)N1[C@H](C2)N[C@H]2CCCC[C@@H]21. The van der Waals surface area contributed by atoms with E-state index in [1.165, 1.54) is 16.8 Å². The molecule has 5 rings (SSSR count). The number of benzene rings is 1. The standard InChI is InChI=1S/C22H24F2N4O4/c23-12-6-5-11(14(24)7-12)8-25-21(31)13-9-27-10-17-26-15-3-1-2-4-16(15)28(17)22(32)18(27)20(30)19(13)29/h5-7,9,15-17,22,26,30,32H,1-4,8,10H2,(H,25,31)/t15-,16-,17+,22?/m0/s1. The van der Waals surface area contributed by atoms with Crippen molar-refractivity contribution in [2.75, 3.05) is 0 Å². The van der Waals surface area contributed by atoms with Crippen LogP contribution >= 0.6 is 0 Å². The van der Waals surface area contributed by atoms with Crippen molar-refractivity contribution in [3.8, 4) is 5.75 Å². The summed E-state index contributed by atoms with van der Waals surface area (Å²) in [5.41, 5.74) is -1.09. The van der Waals surface area contributed by atoms with Gasteiger partial charge in [0.15, 0.2) is 12.0 Å². The molecular formula is C22H24F2N4O4. The number of amides is 1. The number of pyridine rings is 1. The summed E-state index contributed by atoms with van der Waals surface area (Å²) in [6, 6.07) is 3.35. The lowest BCUT2D eigenvalue weighted by molar-refractivity contribution is -0.0660. The lowest BCUT2D eigenvalue weighted by Gasteiger charge is -2.40. The third kappa shape index (κ3) is 3.39. The fourth-order valence-corrected chi connectivity index (χ4v) is 5.24. The van der Waals surface area contributed by atoms with Crippen LogP contribution in [0.25, 0.3) is 0 Å². The number of rotatable bonds is 3. The second kappa shape index (κ2) is 7.95. The molecule has 1 amide bonds. The number of aromatic nitrogens is 1. The highest BCUT2D eigenvalue weighted by Gasteiger charge is 2.48. The first-order valence-electron chi connectivity index (χ1n) is 10.7. The molecule has 0 spiro atoms. The number of fused-ring (bicyclic) bond motifs is 4. The van der Waals surface area contributed by atoms with Crippen molar-refractivity contribution in [2.24, 2.45) is 0 Å². The Bertz CT molecular complexity index is 1140. The topological polar surface area (TPSA) is 107 Å². The normalized spacial score (nSPS) is 26.8. The average molecular weight is 446 g/mol. The summed E-state index contributed by atoms with van der Waals surface area (Å²) in [5, 5.41) is 27.6. The third-order valence-electron chi connectivity index (χ3n) is 6.77. The van der Waals surface area contributed by atoms with Crippen molar-refractivity contribution < 1.29 is 23.8 Å². The second-order valence-electron chi connectivity index (χ2n) is 8.64. The Morgan fingerprint density at radius 3 is 2.81 bits per heavy atom. The first-order chi connectivity index (χ1) is 15.3. The fourth-order valence-electron chi connectivity index (χ4n) is 5.24. The van der Waals surface area contributed by atoms with Gasteiger partial charge in [0.1, 0.15) is 22.9 Å². The van der Waals surface area contributed by atoms with Crippen molar-refractivity contribution in [3.05, 3.63) is 63.1 Å². The van der Waals surface area contributed by atoms with Crippen LogP contribution in [0.5, 0.6) is 5.75 Å². The molecule has 3 heterocycles. The Kier molecular flexibility index (Phi) is 5.23. The largest absolute Gasteiger partial charge is 0.503 e. The van der Waals surface area contributed by atoms with Gasteiger partial charge in [-0.3, -0.25) is 19.8 Å². The highest BCUT2D eigenvalue weighted by Crippen LogP contribution is 2.40. The lowest BCUT2D eigenvalue weighted by atomic mass is 9.90. The molecule has 1 aromatic carbocycles. The summed E-state index contributed by atoms with van der Waals surface area (Å²) in [6.45, 7) is 0.0942. The zero-order valence-electron chi connectivity index (χ0n) is 17.2. The lowest BCUT2D eigenvalue weighted by Crippen LogP contribution is -2.50. The number of carbonyl (C=O) groups is 1. The van der Waals surface area contributed by atoms with E-state index in [0.717, 1.165) is 31.7 Å². The molecule has 3 aliphatic rings. The van der Waals surface area contributed by atoms with Crippen LogP contribution in [0.4, 0.5) is 8.78 Å².